The van der Waals surface area contributed by atoms with Crippen molar-refractivity contribution < 1.29 is 13.9 Å². The summed E-state index contributed by atoms with van der Waals surface area (Å²) in [7, 11) is 1.72. The van der Waals surface area contributed by atoms with Gasteiger partial charge in [-0.2, -0.15) is 0 Å². The molecule has 1 atom stereocenters. The van der Waals surface area contributed by atoms with Crippen LogP contribution in [0.4, 0.5) is 10.1 Å². The third kappa shape index (κ3) is 5.53. The van der Waals surface area contributed by atoms with Gasteiger partial charge in [-0.25, -0.2) is 4.39 Å². The van der Waals surface area contributed by atoms with Crippen LogP contribution in [0.1, 0.15) is 18.1 Å². The molecule has 3 aromatic rings. The molecule has 0 radical (unpaired) electrons. The Morgan fingerprint density at radius 1 is 0.938 bits per heavy atom. The summed E-state index contributed by atoms with van der Waals surface area (Å²) in [6.45, 7) is 4.76. The average molecular weight is 455 g/mol. The van der Waals surface area contributed by atoms with Gasteiger partial charge in [-0.05, 0) is 29.8 Å². The third-order valence-electron chi connectivity index (χ3n) is 5.85. The van der Waals surface area contributed by atoms with Gasteiger partial charge in [-0.1, -0.05) is 54.1 Å². The van der Waals surface area contributed by atoms with Gasteiger partial charge in [0.25, 0.3) is 0 Å². The Morgan fingerprint density at radius 3 is 2.38 bits per heavy atom. The van der Waals surface area contributed by atoms with E-state index in [0.717, 1.165) is 56.1 Å². The molecular formula is C26H28ClFN2O2. The molecule has 4 rings (SSSR count). The van der Waals surface area contributed by atoms with Gasteiger partial charge < -0.3 is 14.4 Å². The van der Waals surface area contributed by atoms with Crippen LogP contribution in [-0.2, 0) is 0 Å². The van der Waals surface area contributed by atoms with Crippen LogP contribution in [0.2, 0.25) is 5.02 Å². The fraction of sp³-hybridized carbons (Fsp3) is 0.308. The Morgan fingerprint density at radius 2 is 1.66 bits per heavy atom. The highest BCUT2D eigenvalue weighted by atomic mass is 35.5. The van der Waals surface area contributed by atoms with Crippen molar-refractivity contribution in [1.82, 2.24) is 4.90 Å². The zero-order valence-corrected chi connectivity index (χ0v) is 19.0. The minimum Gasteiger partial charge on any atom is -0.495 e. The van der Waals surface area contributed by atoms with E-state index < -0.39 is 5.82 Å². The smallest absolute Gasteiger partial charge is 0.142 e. The third-order valence-corrected chi connectivity index (χ3v) is 6.14. The topological polar surface area (TPSA) is 24.9 Å². The summed E-state index contributed by atoms with van der Waals surface area (Å²) in [6.07, 6.45) is 0.693. The molecule has 168 valence electrons. The molecule has 1 aliphatic rings. The molecule has 6 heteroatoms. The summed E-state index contributed by atoms with van der Waals surface area (Å²) in [6, 6.07) is 22.8. The fourth-order valence-electron chi connectivity index (χ4n) is 4.08. The van der Waals surface area contributed by atoms with Gasteiger partial charge in [0.15, 0.2) is 0 Å². The zero-order valence-electron chi connectivity index (χ0n) is 18.2. The maximum Gasteiger partial charge on any atom is 0.142 e. The highest BCUT2D eigenvalue weighted by molar-refractivity contribution is 6.30. The van der Waals surface area contributed by atoms with Crippen molar-refractivity contribution in [1.29, 1.82) is 0 Å². The predicted octanol–water partition coefficient (Wildman–Crippen LogP) is 5.82. The lowest BCUT2D eigenvalue weighted by atomic mass is 10.1. The predicted molar refractivity (Wildman–Crippen MR) is 127 cm³/mol. The maximum absolute atomic E-state index is 13.5. The van der Waals surface area contributed by atoms with E-state index in [1.54, 1.807) is 19.2 Å². The molecule has 1 aliphatic heterocycles. The maximum atomic E-state index is 13.5. The molecule has 4 nitrogen and oxygen atoms in total. The summed E-state index contributed by atoms with van der Waals surface area (Å²) in [5.41, 5.74) is 2.24. The first-order valence-corrected chi connectivity index (χ1v) is 11.3. The largest absolute Gasteiger partial charge is 0.495 e. The monoisotopic (exact) mass is 454 g/mol. The molecule has 0 N–H and O–H groups in total. The van der Waals surface area contributed by atoms with Crippen LogP contribution in [0.25, 0.3) is 0 Å². The average Bonchev–Trinajstić information content (AvgIpc) is 2.85. The second kappa shape index (κ2) is 10.7. The first-order chi connectivity index (χ1) is 15.6. The summed E-state index contributed by atoms with van der Waals surface area (Å²) < 4.78 is 25.3. The SMILES string of the molecule is COc1ccccc1N1CCN(CCC(Oc2ccc(F)c(Cl)c2)c2ccccc2)CC1. The second-order valence-electron chi connectivity index (χ2n) is 7.88. The Balaban J connectivity index is 1.38. The molecule has 0 amide bonds. The Labute approximate surface area is 194 Å². The molecule has 1 saturated heterocycles. The number of piperazine rings is 1. The van der Waals surface area contributed by atoms with Gasteiger partial charge in [-0.15, -0.1) is 0 Å². The van der Waals surface area contributed by atoms with Gasteiger partial charge >= 0.3 is 0 Å². The number of ether oxygens (including phenoxy) is 2. The molecule has 1 heterocycles. The Kier molecular flexibility index (Phi) is 7.51. The lowest BCUT2D eigenvalue weighted by Gasteiger charge is -2.37. The van der Waals surface area contributed by atoms with Crippen molar-refractivity contribution >= 4 is 17.3 Å². The molecular weight excluding hydrogens is 427 g/mol. The van der Waals surface area contributed by atoms with Gasteiger partial charge in [0.1, 0.15) is 23.4 Å². The van der Waals surface area contributed by atoms with Crippen LogP contribution >= 0.6 is 11.6 Å². The van der Waals surface area contributed by atoms with Gasteiger partial charge in [-0.3, -0.25) is 4.90 Å². The molecule has 0 aromatic heterocycles. The van der Waals surface area contributed by atoms with Gasteiger partial charge in [0, 0.05) is 45.2 Å². The molecule has 32 heavy (non-hydrogen) atoms. The standard InChI is InChI=1S/C26H28ClFN2O2/c1-31-26-10-6-5-9-24(26)30-17-15-29(16-18-30)14-13-25(20-7-3-2-4-8-20)32-21-11-12-23(28)22(27)19-21/h2-12,19,25H,13-18H2,1H3. The first-order valence-electron chi connectivity index (χ1n) is 10.9. The lowest BCUT2D eigenvalue weighted by molar-refractivity contribution is 0.160. The van der Waals surface area contributed by atoms with Crippen molar-refractivity contribution in [2.45, 2.75) is 12.5 Å². The van der Waals surface area contributed by atoms with E-state index in [-0.39, 0.29) is 11.1 Å². The van der Waals surface area contributed by atoms with Crippen LogP contribution in [0.3, 0.4) is 0 Å². The van der Waals surface area contributed by atoms with Crippen molar-refractivity contribution in [3.8, 4) is 11.5 Å². The number of methoxy groups -OCH3 is 1. The Hall–Kier alpha value is -2.76. The lowest BCUT2D eigenvalue weighted by Crippen LogP contribution is -2.47. The zero-order chi connectivity index (χ0) is 22.3. The van der Waals surface area contributed by atoms with Crippen molar-refractivity contribution in [2.24, 2.45) is 0 Å². The van der Waals surface area contributed by atoms with Crippen LogP contribution in [0.5, 0.6) is 11.5 Å². The second-order valence-corrected chi connectivity index (χ2v) is 8.29. The number of anilines is 1. The quantitative estimate of drug-likeness (QED) is 0.428. The summed E-state index contributed by atoms with van der Waals surface area (Å²) in [5.74, 6) is 1.05. The highest BCUT2D eigenvalue weighted by Crippen LogP contribution is 2.30. The van der Waals surface area contributed by atoms with Crippen molar-refractivity contribution in [3.63, 3.8) is 0 Å². The summed E-state index contributed by atoms with van der Waals surface area (Å²) in [5, 5.41) is 0.0711. The highest BCUT2D eigenvalue weighted by Gasteiger charge is 2.21. The minimum atomic E-state index is -0.441. The molecule has 3 aromatic carbocycles. The number of halogens is 2. The fourth-order valence-corrected chi connectivity index (χ4v) is 4.25. The number of para-hydroxylation sites is 2. The summed E-state index contributed by atoms with van der Waals surface area (Å²) >= 11 is 5.95. The van der Waals surface area contributed by atoms with E-state index in [9.17, 15) is 4.39 Å². The van der Waals surface area contributed by atoms with E-state index >= 15 is 0 Å². The molecule has 0 aliphatic carbocycles. The minimum absolute atomic E-state index is 0.0711. The molecule has 0 bridgehead atoms. The number of hydrogen-bond acceptors (Lipinski definition) is 4. The van der Waals surface area contributed by atoms with Gasteiger partial charge in [0.05, 0.1) is 17.8 Å². The van der Waals surface area contributed by atoms with E-state index in [4.69, 9.17) is 21.1 Å². The number of benzene rings is 3. The van der Waals surface area contributed by atoms with Crippen LogP contribution in [0.15, 0.2) is 72.8 Å². The molecule has 0 spiro atoms. The van der Waals surface area contributed by atoms with Crippen LogP contribution < -0.4 is 14.4 Å². The van der Waals surface area contributed by atoms with E-state index in [0.29, 0.717) is 5.75 Å². The number of hydrogen-bond donors (Lipinski definition) is 0. The molecule has 0 saturated carbocycles. The Bertz CT molecular complexity index is 1010. The van der Waals surface area contributed by atoms with Gasteiger partial charge in [0.2, 0.25) is 0 Å². The van der Waals surface area contributed by atoms with Crippen molar-refractivity contribution in [2.75, 3.05) is 44.7 Å². The number of nitrogens with zero attached hydrogens (tertiary/aromatic N) is 2. The summed E-state index contributed by atoms with van der Waals surface area (Å²) in [4.78, 5) is 4.84. The molecule has 1 unspecified atom stereocenters. The van der Waals surface area contributed by atoms with E-state index in [1.807, 2.05) is 36.4 Å². The normalized spacial score (nSPS) is 15.4. The number of rotatable bonds is 8. The van der Waals surface area contributed by atoms with E-state index in [2.05, 4.69) is 28.0 Å². The van der Waals surface area contributed by atoms with Crippen LogP contribution in [0, 0.1) is 5.82 Å². The first kappa shape index (κ1) is 22.4. The van der Waals surface area contributed by atoms with Crippen LogP contribution in [-0.4, -0.2) is 44.7 Å². The van der Waals surface area contributed by atoms with Crippen molar-refractivity contribution in [3.05, 3.63) is 89.2 Å². The van der Waals surface area contributed by atoms with E-state index in [1.165, 1.54) is 6.07 Å². The molecule has 1 fully saturated rings.